The summed E-state index contributed by atoms with van der Waals surface area (Å²) in [5, 5.41) is 35.0. The van der Waals surface area contributed by atoms with Crippen LogP contribution in [0.25, 0.3) is 5.69 Å². The Kier molecular flexibility index (Phi) is 5.20. The van der Waals surface area contributed by atoms with Gasteiger partial charge >= 0.3 is 5.69 Å². The number of nitrogens with one attached hydrogen (secondary N) is 2. The van der Waals surface area contributed by atoms with Crippen molar-refractivity contribution in [3.05, 3.63) is 65.9 Å². The molecule has 0 fully saturated rings. The molecule has 3 rings (SSSR count). The summed E-state index contributed by atoms with van der Waals surface area (Å²) in [5.74, 6) is -0.665. The molecule has 9 nitrogen and oxygen atoms in total. The first-order chi connectivity index (χ1) is 13.2. The zero-order chi connectivity index (χ0) is 20.6. The van der Waals surface area contributed by atoms with Gasteiger partial charge in [-0.3, -0.25) is 9.78 Å². The van der Waals surface area contributed by atoms with Crippen LogP contribution in [0.2, 0.25) is 15.1 Å². The van der Waals surface area contributed by atoms with Gasteiger partial charge in [-0.05, 0) is 24.3 Å². The molecule has 1 heterocycles. The maximum absolute atomic E-state index is 12.0. The minimum absolute atomic E-state index is 0.0334. The number of benzene rings is 2. The summed E-state index contributed by atoms with van der Waals surface area (Å²) >= 11 is 17.8. The molecule has 0 atom stereocenters. The predicted octanol–water partition coefficient (Wildman–Crippen LogP) is 2.91. The molecular formula is C16H8Cl3N5O4. The van der Waals surface area contributed by atoms with Crippen LogP contribution in [-0.4, -0.2) is 25.0 Å². The van der Waals surface area contributed by atoms with E-state index < -0.39 is 16.9 Å². The van der Waals surface area contributed by atoms with Crippen LogP contribution in [0.4, 0.5) is 11.4 Å². The van der Waals surface area contributed by atoms with Crippen LogP contribution in [0.1, 0.15) is 5.69 Å². The normalized spacial score (nSPS) is 10.5. The minimum Gasteiger partial charge on any atom is -0.505 e. The van der Waals surface area contributed by atoms with Crippen molar-refractivity contribution in [1.82, 2.24) is 14.8 Å². The zero-order valence-electron chi connectivity index (χ0n) is 13.5. The molecule has 0 saturated carbocycles. The molecule has 2 aromatic carbocycles. The van der Waals surface area contributed by atoms with E-state index in [-0.39, 0.29) is 37.9 Å². The van der Waals surface area contributed by atoms with E-state index in [2.05, 4.69) is 10.4 Å². The molecule has 0 aliphatic heterocycles. The Morgan fingerprint density at radius 2 is 1.64 bits per heavy atom. The number of rotatable bonds is 3. The topological polar surface area (TPSA) is 144 Å². The van der Waals surface area contributed by atoms with Gasteiger partial charge in [-0.25, -0.2) is 4.79 Å². The van der Waals surface area contributed by atoms with E-state index in [1.54, 1.807) is 6.07 Å². The number of nitriles is 1. The summed E-state index contributed by atoms with van der Waals surface area (Å²) in [4.78, 5) is 25.5. The summed E-state index contributed by atoms with van der Waals surface area (Å²) in [6.45, 7) is 0. The van der Waals surface area contributed by atoms with Gasteiger partial charge in [-0.1, -0.05) is 34.8 Å². The van der Waals surface area contributed by atoms with Crippen molar-refractivity contribution in [2.75, 3.05) is 5.32 Å². The lowest BCUT2D eigenvalue weighted by molar-refractivity contribution is 0.476. The van der Waals surface area contributed by atoms with Crippen LogP contribution in [0.15, 0.2) is 33.9 Å². The summed E-state index contributed by atoms with van der Waals surface area (Å²) in [7, 11) is 0. The quantitative estimate of drug-likeness (QED) is 0.362. The van der Waals surface area contributed by atoms with Gasteiger partial charge in [0.25, 0.3) is 5.56 Å². The number of halogens is 3. The Morgan fingerprint density at radius 1 is 1.04 bits per heavy atom. The van der Waals surface area contributed by atoms with Crippen molar-refractivity contribution < 1.29 is 10.2 Å². The van der Waals surface area contributed by atoms with Crippen LogP contribution < -0.4 is 16.6 Å². The minimum atomic E-state index is -0.930. The smallest absolute Gasteiger partial charge is 0.349 e. The van der Waals surface area contributed by atoms with Crippen molar-refractivity contribution in [3.8, 4) is 23.3 Å². The Labute approximate surface area is 171 Å². The number of aromatic amines is 1. The van der Waals surface area contributed by atoms with Crippen molar-refractivity contribution in [2.24, 2.45) is 0 Å². The van der Waals surface area contributed by atoms with Gasteiger partial charge < -0.3 is 15.5 Å². The zero-order valence-corrected chi connectivity index (χ0v) is 15.8. The number of phenols is 2. The van der Waals surface area contributed by atoms with E-state index >= 15 is 0 Å². The van der Waals surface area contributed by atoms with E-state index in [1.807, 2.05) is 4.98 Å². The van der Waals surface area contributed by atoms with Crippen molar-refractivity contribution >= 4 is 46.2 Å². The summed E-state index contributed by atoms with van der Waals surface area (Å²) in [6, 6.07) is 6.77. The maximum atomic E-state index is 12.0. The van der Waals surface area contributed by atoms with Gasteiger partial charge in [-0.2, -0.15) is 9.94 Å². The molecule has 0 aliphatic rings. The largest absolute Gasteiger partial charge is 0.505 e. The number of H-pyrrole nitrogens is 1. The summed E-state index contributed by atoms with van der Waals surface area (Å²) < 4.78 is 0.743. The fraction of sp³-hybridized carbons (Fsp3) is 0. The van der Waals surface area contributed by atoms with Crippen LogP contribution >= 0.6 is 34.8 Å². The second-order valence-corrected chi connectivity index (χ2v) is 6.59. The molecule has 0 unspecified atom stereocenters. The Bertz CT molecular complexity index is 1240. The van der Waals surface area contributed by atoms with Crippen molar-refractivity contribution in [3.63, 3.8) is 0 Å². The fourth-order valence-corrected chi connectivity index (χ4v) is 2.94. The second-order valence-electron chi connectivity index (χ2n) is 5.37. The van der Waals surface area contributed by atoms with E-state index in [4.69, 9.17) is 40.1 Å². The molecule has 0 aliphatic carbocycles. The lowest BCUT2D eigenvalue weighted by atomic mass is 10.2. The van der Waals surface area contributed by atoms with E-state index in [9.17, 15) is 19.8 Å². The van der Waals surface area contributed by atoms with Gasteiger partial charge in [0.05, 0.1) is 26.4 Å². The number of anilines is 2. The van der Waals surface area contributed by atoms with Gasteiger partial charge in [0, 0.05) is 5.69 Å². The van der Waals surface area contributed by atoms with Gasteiger partial charge in [0.15, 0.2) is 11.5 Å². The first-order valence-electron chi connectivity index (χ1n) is 7.33. The average Bonchev–Trinajstić information content (AvgIpc) is 2.63. The molecule has 0 radical (unpaired) electrons. The highest BCUT2D eigenvalue weighted by molar-refractivity contribution is 6.37. The number of nitrogens with zero attached hydrogens (tertiary/aromatic N) is 3. The molecule has 1 aromatic heterocycles. The van der Waals surface area contributed by atoms with Crippen LogP contribution in [0, 0.1) is 11.3 Å². The number of hydrogen-bond donors (Lipinski definition) is 4. The second kappa shape index (κ2) is 7.44. The lowest BCUT2D eigenvalue weighted by Gasteiger charge is -2.13. The molecule has 12 heteroatoms. The third-order valence-corrected chi connectivity index (χ3v) is 4.39. The van der Waals surface area contributed by atoms with Gasteiger partial charge in [-0.15, -0.1) is 5.10 Å². The third-order valence-electron chi connectivity index (χ3n) is 3.52. The SMILES string of the molecule is N#Cc1nn(-c2cc(Cl)c(O)c(Nc3cc(Cl)c(O)c(Cl)c3)c2)c(=O)[nH]c1=O. The number of aromatic nitrogens is 3. The molecule has 142 valence electrons. The first kappa shape index (κ1) is 19.6. The van der Waals surface area contributed by atoms with Crippen molar-refractivity contribution in [2.45, 2.75) is 0 Å². The highest BCUT2D eigenvalue weighted by Crippen LogP contribution is 2.39. The van der Waals surface area contributed by atoms with Crippen LogP contribution in [0.5, 0.6) is 11.5 Å². The van der Waals surface area contributed by atoms with Crippen molar-refractivity contribution in [1.29, 1.82) is 5.26 Å². The van der Waals surface area contributed by atoms with Crippen LogP contribution in [-0.2, 0) is 0 Å². The average molecular weight is 441 g/mol. The number of hydrogen-bond acceptors (Lipinski definition) is 7. The molecule has 0 amide bonds. The highest BCUT2D eigenvalue weighted by atomic mass is 35.5. The van der Waals surface area contributed by atoms with Gasteiger partial charge in [0.2, 0.25) is 5.69 Å². The lowest BCUT2D eigenvalue weighted by Crippen LogP contribution is -2.33. The fourth-order valence-electron chi connectivity index (χ4n) is 2.24. The molecule has 3 aromatic rings. The molecule has 4 N–H and O–H groups in total. The monoisotopic (exact) mass is 439 g/mol. The molecule has 0 saturated heterocycles. The number of phenolic OH excluding ortho intramolecular Hbond substituents is 2. The molecular weight excluding hydrogens is 433 g/mol. The highest BCUT2D eigenvalue weighted by Gasteiger charge is 2.15. The summed E-state index contributed by atoms with van der Waals surface area (Å²) in [6.07, 6.45) is 0. The Hall–Kier alpha value is -3.19. The standard InChI is InChI=1S/C16H8Cl3N5O4/c17-8-1-6(2-9(18)13(8)25)21-11-4-7(3-10(19)14(11)26)24-16(28)22-15(27)12(5-20)23-24/h1-4,21,25-26H,(H,22,27,28). The van der Waals surface area contributed by atoms with E-state index in [0.29, 0.717) is 5.69 Å². The van der Waals surface area contributed by atoms with E-state index in [1.165, 1.54) is 24.3 Å². The van der Waals surface area contributed by atoms with E-state index in [0.717, 1.165) is 4.68 Å². The van der Waals surface area contributed by atoms with Crippen LogP contribution in [0.3, 0.4) is 0 Å². The predicted molar refractivity (Wildman–Crippen MR) is 103 cm³/mol. The number of aromatic hydroxyl groups is 2. The summed E-state index contributed by atoms with van der Waals surface area (Å²) in [5.41, 5.74) is -1.98. The molecule has 0 bridgehead atoms. The molecule has 0 spiro atoms. The Morgan fingerprint density at radius 3 is 2.25 bits per heavy atom. The first-order valence-corrected chi connectivity index (χ1v) is 8.46. The third kappa shape index (κ3) is 3.61. The maximum Gasteiger partial charge on any atom is 0.349 e. The Balaban J connectivity index is 2.14. The molecule has 28 heavy (non-hydrogen) atoms. The van der Waals surface area contributed by atoms with Gasteiger partial charge in [0.1, 0.15) is 6.07 Å².